The first-order valence-electron chi connectivity index (χ1n) is 7.68. The van der Waals surface area contributed by atoms with Gasteiger partial charge in [0.05, 0.1) is 12.0 Å². The van der Waals surface area contributed by atoms with E-state index in [0.29, 0.717) is 17.9 Å². The molecule has 22 heavy (non-hydrogen) atoms. The lowest BCUT2D eigenvalue weighted by molar-refractivity contribution is 0.217. The SMILES string of the molecule is CCCCC(CC)COc1c(O)c2ccc(O)cc2oc1=O. The molecule has 1 unspecified atom stereocenters. The molecule has 0 saturated heterocycles. The van der Waals surface area contributed by atoms with Crippen LogP contribution in [-0.4, -0.2) is 16.8 Å². The molecule has 2 aromatic rings. The Hall–Kier alpha value is -2.17. The van der Waals surface area contributed by atoms with Gasteiger partial charge in [-0.2, -0.15) is 0 Å². The molecular formula is C17H22O5. The van der Waals surface area contributed by atoms with E-state index in [-0.39, 0.29) is 22.8 Å². The highest BCUT2D eigenvalue weighted by Gasteiger charge is 2.17. The fourth-order valence-corrected chi connectivity index (χ4v) is 2.38. The molecule has 0 amide bonds. The Balaban J connectivity index is 2.24. The Morgan fingerprint density at radius 3 is 2.73 bits per heavy atom. The van der Waals surface area contributed by atoms with Gasteiger partial charge in [-0.15, -0.1) is 0 Å². The number of unbranched alkanes of at least 4 members (excludes halogenated alkanes) is 1. The zero-order valence-corrected chi connectivity index (χ0v) is 13.0. The molecule has 2 rings (SSSR count). The van der Waals surface area contributed by atoms with Crippen LogP contribution in [0.1, 0.15) is 39.5 Å². The van der Waals surface area contributed by atoms with Crippen LogP contribution in [0.5, 0.6) is 17.2 Å². The van der Waals surface area contributed by atoms with E-state index in [9.17, 15) is 15.0 Å². The fraction of sp³-hybridized carbons (Fsp3) is 0.471. The summed E-state index contributed by atoms with van der Waals surface area (Å²) in [4.78, 5) is 11.9. The first-order chi connectivity index (χ1) is 10.6. The second kappa shape index (κ2) is 7.20. The number of hydrogen-bond donors (Lipinski definition) is 2. The molecule has 0 saturated carbocycles. The van der Waals surface area contributed by atoms with Crippen molar-refractivity contribution in [2.75, 3.05) is 6.61 Å². The smallest absolute Gasteiger partial charge is 0.383 e. The molecule has 1 heterocycles. The van der Waals surface area contributed by atoms with Crippen LogP contribution in [0.15, 0.2) is 27.4 Å². The van der Waals surface area contributed by atoms with E-state index in [2.05, 4.69) is 13.8 Å². The van der Waals surface area contributed by atoms with Gasteiger partial charge in [0, 0.05) is 6.07 Å². The van der Waals surface area contributed by atoms with Crippen LogP contribution in [0, 0.1) is 5.92 Å². The molecule has 2 N–H and O–H groups in total. The normalized spacial score (nSPS) is 12.5. The molecule has 0 aliphatic carbocycles. The molecule has 0 aliphatic heterocycles. The predicted octanol–water partition coefficient (Wildman–Crippen LogP) is 3.80. The van der Waals surface area contributed by atoms with Crippen molar-refractivity contribution in [1.82, 2.24) is 0 Å². The van der Waals surface area contributed by atoms with E-state index in [1.165, 1.54) is 18.2 Å². The summed E-state index contributed by atoms with van der Waals surface area (Å²) in [5, 5.41) is 20.0. The minimum Gasteiger partial charge on any atom is -0.508 e. The number of ether oxygens (including phenoxy) is 1. The average Bonchev–Trinajstić information content (AvgIpc) is 2.49. The molecule has 5 heteroatoms. The van der Waals surface area contributed by atoms with Gasteiger partial charge in [0.1, 0.15) is 11.3 Å². The van der Waals surface area contributed by atoms with Crippen molar-refractivity contribution in [3.8, 4) is 17.2 Å². The van der Waals surface area contributed by atoms with E-state index < -0.39 is 5.63 Å². The highest BCUT2D eigenvalue weighted by molar-refractivity contribution is 5.86. The van der Waals surface area contributed by atoms with Crippen molar-refractivity contribution < 1.29 is 19.4 Å². The number of benzene rings is 1. The van der Waals surface area contributed by atoms with E-state index in [1.54, 1.807) is 0 Å². The molecule has 0 bridgehead atoms. The minimum atomic E-state index is -0.735. The van der Waals surface area contributed by atoms with Gasteiger partial charge in [0.25, 0.3) is 0 Å². The summed E-state index contributed by atoms with van der Waals surface area (Å²) in [6, 6.07) is 4.20. The number of phenols is 1. The molecule has 1 aromatic heterocycles. The lowest BCUT2D eigenvalue weighted by Crippen LogP contribution is -2.15. The first kappa shape index (κ1) is 16.2. The predicted molar refractivity (Wildman–Crippen MR) is 84.6 cm³/mol. The van der Waals surface area contributed by atoms with E-state index in [4.69, 9.17) is 9.15 Å². The van der Waals surface area contributed by atoms with Gasteiger partial charge in [-0.05, 0) is 24.5 Å². The lowest BCUT2D eigenvalue weighted by atomic mass is 10.0. The van der Waals surface area contributed by atoms with E-state index in [0.717, 1.165) is 25.7 Å². The summed E-state index contributed by atoms with van der Waals surface area (Å²) in [6.45, 7) is 4.58. The topological polar surface area (TPSA) is 79.9 Å². The monoisotopic (exact) mass is 306 g/mol. The second-order valence-corrected chi connectivity index (χ2v) is 5.48. The van der Waals surface area contributed by atoms with Crippen molar-refractivity contribution in [3.63, 3.8) is 0 Å². The van der Waals surface area contributed by atoms with Gasteiger partial charge in [0.2, 0.25) is 5.75 Å². The summed E-state index contributed by atoms with van der Waals surface area (Å²) in [6.07, 6.45) is 4.21. The number of hydrogen-bond acceptors (Lipinski definition) is 5. The summed E-state index contributed by atoms with van der Waals surface area (Å²) < 4.78 is 10.6. The van der Waals surface area contributed by atoms with Crippen LogP contribution >= 0.6 is 0 Å². The summed E-state index contributed by atoms with van der Waals surface area (Å²) >= 11 is 0. The van der Waals surface area contributed by atoms with Gasteiger partial charge < -0.3 is 19.4 Å². The van der Waals surface area contributed by atoms with Crippen molar-refractivity contribution in [3.05, 3.63) is 28.6 Å². The van der Waals surface area contributed by atoms with Crippen LogP contribution in [-0.2, 0) is 0 Å². The quantitative estimate of drug-likeness (QED) is 0.761. The van der Waals surface area contributed by atoms with Crippen LogP contribution in [0.2, 0.25) is 0 Å². The summed E-state index contributed by atoms with van der Waals surface area (Å²) in [5.41, 5.74) is -0.603. The van der Waals surface area contributed by atoms with Crippen molar-refractivity contribution in [1.29, 1.82) is 0 Å². The average molecular weight is 306 g/mol. The number of phenolic OH excluding ortho intramolecular Hbond substituents is 1. The van der Waals surface area contributed by atoms with Gasteiger partial charge in [-0.3, -0.25) is 0 Å². The zero-order valence-electron chi connectivity index (χ0n) is 13.0. The van der Waals surface area contributed by atoms with Crippen molar-refractivity contribution >= 4 is 11.0 Å². The molecule has 0 radical (unpaired) electrons. The standard InChI is InChI=1S/C17H22O5/c1-3-5-6-11(4-2)10-21-16-15(19)13-8-7-12(18)9-14(13)22-17(16)20/h7-9,11,18-19H,3-6,10H2,1-2H3. The highest BCUT2D eigenvalue weighted by Crippen LogP contribution is 2.33. The molecule has 120 valence electrons. The van der Waals surface area contributed by atoms with Gasteiger partial charge in [-0.25, -0.2) is 4.79 Å². The van der Waals surface area contributed by atoms with Crippen molar-refractivity contribution in [2.45, 2.75) is 39.5 Å². The van der Waals surface area contributed by atoms with Crippen LogP contribution in [0.3, 0.4) is 0 Å². The van der Waals surface area contributed by atoms with Crippen molar-refractivity contribution in [2.24, 2.45) is 5.92 Å². The third kappa shape index (κ3) is 3.53. The highest BCUT2D eigenvalue weighted by atomic mass is 16.5. The number of aromatic hydroxyl groups is 2. The Labute approximate surface area is 129 Å². The van der Waals surface area contributed by atoms with Crippen LogP contribution < -0.4 is 10.4 Å². The summed E-state index contributed by atoms with van der Waals surface area (Å²) in [7, 11) is 0. The third-order valence-electron chi connectivity index (χ3n) is 3.83. The maximum atomic E-state index is 11.9. The lowest BCUT2D eigenvalue weighted by Gasteiger charge is -2.15. The van der Waals surface area contributed by atoms with Gasteiger partial charge in [-0.1, -0.05) is 33.1 Å². The maximum absolute atomic E-state index is 11.9. The van der Waals surface area contributed by atoms with E-state index >= 15 is 0 Å². The second-order valence-electron chi connectivity index (χ2n) is 5.48. The number of rotatable bonds is 7. The molecule has 1 atom stereocenters. The Morgan fingerprint density at radius 1 is 1.27 bits per heavy atom. The Morgan fingerprint density at radius 2 is 2.05 bits per heavy atom. The molecule has 0 spiro atoms. The Kier molecular flexibility index (Phi) is 5.31. The van der Waals surface area contributed by atoms with Gasteiger partial charge in [0.15, 0.2) is 5.75 Å². The first-order valence-corrected chi connectivity index (χ1v) is 7.68. The molecule has 0 fully saturated rings. The fourth-order valence-electron chi connectivity index (χ4n) is 2.38. The zero-order chi connectivity index (χ0) is 16.1. The van der Waals surface area contributed by atoms with E-state index in [1.807, 2.05) is 0 Å². The molecular weight excluding hydrogens is 284 g/mol. The van der Waals surface area contributed by atoms with Gasteiger partial charge >= 0.3 is 5.63 Å². The number of fused-ring (bicyclic) bond motifs is 1. The summed E-state index contributed by atoms with van der Waals surface area (Å²) in [5.74, 6) is -0.0895. The molecule has 5 nitrogen and oxygen atoms in total. The molecule has 1 aromatic carbocycles. The largest absolute Gasteiger partial charge is 0.508 e. The minimum absolute atomic E-state index is 0.0330. The van der Waals surface area contributed by atoms with Crippen LogP contribution in [0.25, 0.3) is 11.0 Å². The Bertz CT molecular complexity index is 689. The molecule has 0 aliphatic rings. The maximum Gasteiger partial charge on any atom is 0.383 e. The van der Waals surface area contributed by atoms with Crippen LogP contribution in [0.4, 0.5) is 0 Å². The third-order valence-corrected chi connectivity index (χ3v) is 3.83.